The van der Waals surface area contributed by atoms with Crippen molar-refractivity contribution in [2.24, 2.45) is 0 Å². The molecule has 0 radical (unpaired) electrons. The van der Waals surface area contributed by atoms with Crippen LogP contribution < -0.4 is 14.9 Å². The van der Waals surface area contributed by atoms with Crippen LogP contribution in [0, 0.1) is 0 Å². The quantitative estimate of drug-likeness (QED) is 0.566. The van der Waals surface area contributed by atoms with Crippen LogP contribution in [0.15, 0.2) is 55.0 Å². The number of pyridine rings is 1. The molecule has 1 N–H and O–H groups in total. The summed E-state index contributed by atoms with van der Waals surface area (Å²) in [5.41, 5.74) is 5.23. The maximum atomic E-state index is 11.8. The Morgan fingerprint density at radius 1 is 1.26 bits per heavy atom. The summed E-state index contributed by atoms with van der Waals surface area (Å²) >= 11 is 10.2. The molecule has 1 aromatic heterocycles. The van der Waals surface area contributed by atoms with Crippen LogP contribution in [0.25, 0.3) is 0 Å². The lowest BCUT2D eigenvalue weighted by molar-refractivity contribution is 0.229. The highest BCUT2D eigenvalue weighted by Gasteiger charge is 2.35. The number of aromatic nitrogens is 1. The van der Waals surface area contributed by atoms with Crippen molar-refractivity contribution < 1.29 is 4.79 Å². The minimum absolute atomic E-state index is 0.0699. The molecule has 1 unspecified atom stereocenters. The molecule has 0 spiro atoms. The molecule has 1 atom stereocenters. The second-order valence-corrected chi connectivity index (χ2v) is 8.42. The molecule has 1 aliphatic rings. The molecule has 1 amide bonds. The van der Waals surface area contributed by atoms with E-state index in [1.54, 1.807) is 12.3 Å². The number of carbonyl (C=O) groups excluding carboxylic acids is 1. The highest BCUT2D eigenvalue weighted by molar-refractivity contribution is 7.96. The van der Waals surface area contributed by atoms with Crippen LogP contribution in [0.4, 0.5) is 16.3 Å². The summed E-state index contributed by atoms with van der Waals surface area (Å²) in [5, 5.41) is 0.207. The summed E-state index contributed by atoms with van der Waals surface area (Å²) in [7, 11) is 0. The predicted molar refractivity (Wildman–Crippen MR) is 115 cm³/mol. The predicted octanol–water partition coefficient (Wildman–Crippen LogP) is 4.89. The number of nitrogens with zero attached hydrogens (tertiary/aromatic N) is 3. The zero-order chi connectivity index (χ0) is 19.7. The molecule has 0 aliphatic carbocycles. The van der Waals surface area contributed by atoms with Crippen molar-refractivity contribution in [3.63, 3.8) is 0 Å². The number of thiol groups is 1. The number of amides is 1. The summed E-state index contributed by atoms with van der Waals surface area (Å²) in [6.07, 6.45) is 5.54. The Labute approximate surface area is 170 Å². The molecular weight excluding hydrogens is 380 g/mol. The van der Waals surface area contributed by atoms with Gasteiger partial charge < -0.3 is 4.90 Å². The molecule has 1 aliphatic heterocycles. The first-order chi connectivity index (χ1) is 12.7. The molecule has 0 bridgehead atoms. The van der Waals surface area contributed by atoms with Gasteiger partial charge in [0, 0.05) is 18.3 Å². The van der Waals surface area contributed by atoms with Gasteiger partial charge in [-0.3, -0.25) is 4.79 Å². The van der Waals surface area contributed by atoms with Crippen LogP contribution in [-0.2, 0) is 5.41 Å². The van der Waals surface area contributed by atoms with Crippen molar-refractivity contribution in [3.8, 4) is 0 Å². The number of hydrogen-bond donors (Lipinski definition) is 2. The number of anilines is 1. The van der Waals surface area contributed by atoms with E-state index in [4.69, 9.17) is 11.6 Å². The van der Waals surface area contributed by atoms with Crippen LogP contribution >= 0.6 is 24.2 Å². The summed E-state index contributed by atoms with van der Waals surface area (Å²) in [5.74, 6) is 0.702. The highest BCUT2D eigenvalue weighted by atomic mass is 35.5. The zero-order valence-electron chi connectivity index (χ0n) is 15.7. The summed E-state index contributed by atoms with van der Waals surface area (Å²) in [6, 6.07) is 11.9. The van der Waals surface area contributed by atoms with Crippen LogP contribution in [0.3, 0.4) is 0 Å². The summed E-state index contributed by atoms with van der Waals surface area (Å²) < 4.78 is 0.188. The largest absolute Gasteiger partial charge is 0.321 e. The molecule has 2 aromatic rings. The SMILES string of the molecule is CC(C)(C)c1ccc([N+]2(NC(=O)S)C=CN(c3ncccc3Cl)CC2)cc1. The summed E-state index contributed by atoms with van der Waals surface area (Å²) in [6.45, 7) is 7.79. The van der Waals surface area contributed by atoms with Gasteiger partial charge in [-0.2, -0.15) is 10.0 Å². The van der Waals surface area contributed by atoms with E-state index < -0.39 is 0 Å². The Hall–Kier alpha value is -2.02. The lowest BCUT2D eigenvalue weighted by Gasteiger charge is -2.38. The van der Waals surface area contributed by atoms with E-state index in [2.05, 4.69) is 68.1 Å². The van der Waals surface area contributed by atoms with Crippen molar-refractivity contribution in [3.05, 3.63) is 65.6 Å². The van der Waals surface area contributed by atoms with Crippen LogP contribution in [0.5, 0.6) is 0 Å². The number of nitrogens with one attached hydrogen (secondary N) is 1. The minimum atomic E-state index is -0.385. The van der Waals surface area contributed by atoms with Gasteiger partial charge in [-0.1, -0.05) is 57.1 Å². The first kappa shape index (κ1) is 19.7. The third kappa shape index (κ3) is 4.29. The van der Waals surface area contributed by atoms with Crippen molar-refractivity contribution in [2.45, 2.75) is 26.2 Å². The van der Waals surface area contributed by atoms with Gasteiger partial charge in [0.15, 0.2) is 11.5 Å². The fourth-order valence-corrected chi connectivity index (χ4v) is 3.55. The van der Waals surface area contributed by atoms with Gasteiger partial charge in [-0.15, -0.1) is 0 Å². The highest BCUT2D eigenvalue weighted by Crippen LogP contribution is 2.31. The van der Waals surface area contributed by atoms with Crippen molar-refractivity contribution in [1.29, 1.82) is 0 Å². The van der Waals surface area contributed by atoms with Gasteiger partial charge in [-0.05, 0) is 23.1 Å². The molecule has 7 heteroatoms. The molecule has 0 fully saturated rings. The van der Waals surface area contributed by atoms with E-state index in [0.717, 1.165) is 5.69 Å². The summed E-state index contributed by atoms with van der Waals surface area (Å²) in [4.78, 5) is 18.1. The van der Waals surface area contributed by atoms with E-state index in [0.29, 0.717) is 23.9 Å². The first-order valence-electron chi connectivity index (χ1n) is 8.78. The van der Waals surface area contributed by atoms with Gasteiger partial charge in [0.25, 0.3) is 0 Å². The topological polar surface area (TPSA) is 45.2 Å². The average molecular weight is 404 g/mol. The van der Waals surface area contributed by atoms with Gasteiger partial charge in [0.1, 0.15) is 12.7 Å². The van der Waals surface area contributed by atoms with Crippen molar-refractivity contribution in [1.82, 2.24) is 15.0 Å². The van der Waals surface area contributed by atoms with Crippen LogP contribution in [0.2, 0.25) is 5.02 Å². The average Bonchev–Trinajstić information content (AvgIpc) is 2.62. The second kappa shape index (κ2) is 7.54. The van der Waals surface area contributed by atoms with Crippen molar-refractivity contribution >= 4 is 41.0 Å². The Bertz CT molecular complexity index is 863. The maximum absolute atomic E-state index is 11.8. The Morgan fingerprint density at radius 3 is 2.48 bits per heavy atom. The molecule has 142 valence electrons. The molecular formula is C20H24ClN4OS+. The van der Waals surface area contributed by atoms with E-state index >= 15 is 0 Å². The smallest absolute Gasteiger partial charge is 0.320 e. The zero-order valence-corrected chi connectivity index (χ0v) is 17.3. The molecule has 27 heavy (non-hydrogen) atoms. The monoisotopic (exact) mass is 403 g/mol. The lowest BCUT2D eigenvalue weighted by atomic mass is 9.87. The third-order valence-corrected chi connectivity index (χ3v) is 5.09. The fourth-order valence-electron chi connectivity index (χ4n) is 3.15. The van der Waals surface area contributed by atoms with E-state index in [1.165, 1.54) is 5.56 Å². The number of carbonyl (C=O) groups is 1. The second-order valence-electron chi connectivity index (χ2n) is 7.61. The fraction of sp³-hybridized carbons (Fsp3) is 0.300. The van der Waals surface area contributed by atoms with E-state index in [-0.39, 0.29) is 15.2 Å². The Morgan fingerprint density at radius 2 is 1.96 bits per heavy atom. The molecule has 1 aromatic carbocycles. The van der Waals surface area contributed by atoms with Gasteiger partial charge in [-0.25, -0.2) is 4.98 Å². The number of rotatable bonds is 3. The van der Waals surface area contributed by atoms with Gasteiger partial charge in [0.2, 0.25) is 0 Å². The molecule has 5 nitrogen and oxygen atoms in total. The van der Waals surface area contributed by atoms with Crippen LogP contribution in [-0.4, -0.2) is 23.3 Å². The number of halogens is 1. The molecule has 0 saturated heterocycles. The van der Waals surface area contributed by atoms with Gasteiger partial charge >= 0.3 is 5.24 Å². The van der Waals surface area contributed by atoms with E-state index in [9.17, 15) is 4.79 Å². The van der Waals surface area contributed by atoms with Crippen molar-refractivity contribution in [2.75, 3.05) is 18.0 Å². The molecule has 3 rings (SSSR count). The van der Waals surface area contributed by atoms with Gasteiger partial charge in [0.05, 0.1) is 17.8 Å². The third-order valence-electron chi connectivity index (χ3n) is 4.70. The molecule has 2 heterocycles. The minimum Gasteiger partial charge on any atom is -0.321 e. The lowest BCUT2D eigenvalue weighted by Crippen LogP contribution is -2.61. The number of hydrogen-bond acceptors (Lipinski definition) is 3. The number of benzene rings is 1. The van der Waals surface area contributed by atoms with Crippen LogP contribution in [0.1, 0.15) is 26.3 Å². The maximum Gasteiger partial charge on any atom is 0.320 e. The Kier molecular flexibility index (Phi) is 5.51. The first-order valence-corrected chi connectivity index (χ1v) is 9.60. The molecule has 0 saturated carbocycles. The Balaban J connectivity index is 1.94. The number of quaternary nitrogens is 1. The standard InChI is InChI=1S/C20H23ClN4OS/c1-20(2,3)15-6-8-16(9-7-15)25(23-19(26)27)13-11-24(12-14-25)18-17(21)5-4-10-22-18/h4-11,13H,12,14H2,1-3H3,(H-,23,26,27)/p+1. The van der Waals surface area contributed by atoms with E-state index in [1.807, 2.05) is 23.4 Å². The normalized spacial score (nSPS) is 19.8.